The van der Waals surface area contributed by atoms with Gasteiger partial charge < -0.3 is 5.11 Å². The zero-order valence-corrected chi connectivity index (χ0v) is 8.84. The highest BCUT2D eigenvalue weighted by atomic mass is 79.9. The molecular formula is C9H6BrF3O2. The maximum Gasteiger partial charge on any atom is 0.331 e. The van der Waals surface area contributed by atoms with Crippen LogP contribution >= 0.6 is 15.9 Å². The second kappa shape index (κ2) is 4.32. The van der Waals surface area contributed by atoms with Gasteiger partial charge in [-0.15, -0.1) is 0 Å². The molecule has 0 aromatic heterocycles. The monoisotopic (exact) mass is 282 g/mol. The molecule has 1 aromatic carbocycles. The number of alkyl halides is 2. The number of halogens is 4. The van der Waals surface area contributed by atoms with Crippen molar-refractivity contribution >= 4 is 22.2 Å². The van der Waals surface area contributed by atoms with Crippen LogP contribution in [0, 0.1) is 5.82 Å². The quantitative estimate of drug-likeness (QED) is 0.865. The molecule has 1 rings (SSSR count). The van der Waals surface area contributed by atoms with E-state index in [1.165, 1.54) is 0 Å². The summed E-state index contributed by atoms with van der Waals surface area (Å²) in [6.45, 7) is 0. The minimum atomic E-state index is -3.89. The minimum absolute atomic E-state index is 0.0171. The van der Waals surface area contributed by atoms with Crippen molar-refractivity contribution in [3.05, 3.63) is 34.1 Å². The third-order valence-corrected chi connectivity index (χ3v) is 2.47. The van der Waals surface area contributed by atoms with Gasteiger partial charge in [0.2, 0.25) is 0 Å². The van der Waals surface area contributed by atoms with Crippen LogP contribution in [-0.2, 0) is 4.79 Å². The standard InChI is InChI=1S/C9H6BrF3O2/c10-7-3-5(11)1-2-6(7)8(15)9(12,13)4-14/h1-4,8,15H. The Balaban J connectivity index is 3.11. The van der Waals surface area contributed by atoms with Crippen LogP contribution in [0.1, 0.15) is 11.7 Å². The maximum atomic E-state index is 12.8. The average molecular weight is 283 g/mol. The molecular weight excluding hydrogens is 277 g/mol. The summed E-state index contributed by atoms with van der Waals surface area (Å²) in [4.78, 5) is 10.0. The molecule has 0 bridgehead atoms. The number of aliphatic hydroxyl groups excluding tert-OH is 1. The minimum Gasteiger partial charge on any atom is -0.382 e. The van der Waals surface area contributed by atoms with Crippen molar-refractivity contribution in [3.8, 4) is 0 Å². The molecule has 0 spiro atoms. The molecule has 0 heterocycles. The number of benzene rings is 1. The first-order valence-corrected chi connectivity index (χ1v) is 4.65. The van der Waals surface area contributed by atoms with Crippen molar-refractivity contribution in [2.45, 2.75) is 12.0 Å². The van der Waals surface area contributed by atoms with Crippen LogP contribution in [0.4, 0.5) is 13.2 Å². The normalized spacial score (nSPS) is 13.7. The molecule has 1 unspecified atom stereocenters. The molecule has 0 saturated carbocycles. The topological polar surface area (TPSA) is 37.3 Å². The van der Waals surface area contributed by atoms with Crippen LogP contribution in [0.15, 0.2) is 22.7 Å². The third kappa shape index (κ3) is 2.57. The smallest absolute Gasteiger partial charge is 0.331 e. The number of aliphatic hydroxyl groups is 1. The first-order valence-electron chi connectivity index (χ1n) is 3.85. The van der Waals surface area contributed by atoms with Gasteiger partial charge >= 0.3 is 5.92 Å². The van der Waals surface area contributed by atoms with Crippen LogP contribution < -0.4 is 0 Å². The summed E-state index contributed by atoms with van der Waals surface area (Å²) in [5, 5.41) is 9.19. The Bertz CT molecular complexity index is 382. The zero-order valence-electron chi connectivity index (χ0n) is 7.25. The van der Waals surface area contributed by atoms with Crippen LogP contribution in [0.5, 0.6) is 0 Å². The van der Waals surface area contributed by atoms with Crippen molar-refractivity contribution < 1.29 is 23.1 Å². The van der Waals surface area contributed by atoms with E-state index >= 15 is 0 Å². The summed E-state index contributed by atoms with van der Waals surface area (Å²) >= 11 is 2.82. The van der Waals surface area contributed by atoms with Crippen LogP contribution in [0.25, 0.3) is 0 Å². The van der Waals surface area contributed by atoms with E-state index in [2.05, 4.69) is 15.9 Å². The lowest BCUT2D eigenvalue weighted by atomic mass is 10.0. The number of hydrogen-bond acceptors (Lipinski definition) is 2. The fourth-order valence-corrected chi connectivity index (χ4v) is 1.56. The van der Waals surface area contributed by atoms with Gasteiger partial charge in [-0.25, -0.2) is 4.39 Å². The third-order valence-electron chi connectivity index (χ3n) is 1.78. The maximum absolute atomic E-state index is 12.8. The van der Waals surface area contributed by atoms with E-state index in [0.29, 0.717) is 0 Å². The van der Waals surface area contributed by atoms with Gasteiger partial charge in [0, 0.05) is 10.0 Å². The number of hydrogen-bond donors (Lipinski definition) is 1. The van der Waals surface area contributed by atoms with Gasteiger partial charge in [0.05, 0.1) is 0 Å². The SMILES string of the molecule is O=CC(F)(F)C(O)c1ccc(F)cc1Br. The van der Waals surface area contributed by atoms with E-state index in [4.69, 9.17) is 0 Å². The predicted octanol–water partition coefficient (Wildman–Crippen LogP) is 2.46. The van der Waals surface area contributed by atoms with Crippen molar-refractivity contribution in [2.24, 2.45) is 0 Å². The van der Waals surface area contributed by atoms with Crippen molar-refractivity contribution in [1.29, 1.82) is 0 Å². The molecule has 0 fully saturated rings. The number of aldehydes is 1. The summed E-state index contributed by atoms with van der Waals surface area (Å²) in [6.07, 6.45) is -2.93. The predicted molar refractivity (Wildman–Crippen MR) is 50.1 cm³/mol. The van der Waals surface area contributed by atoms with Crippen molar-refractivity contribution in [2.75, 3.05) is 0 Å². The Morgan fingerprint density at radius 2 is 2.07 bits per heavy atom. The summed E-state index contributed by atoms with van der Waals surface area (Å²) in [5.41, 5.74) is -0.242. The van der Waals surface area contributed by atoms with Crippen molar-refractivity contribution in [1.82, 2.24) is 0 Å². The molecule has 0 amide bonds. The first-order chi connectivity index (χ1) is 6.88. The Morgan fingerprint density at radius 3 is 2.53 bits per heavy atom. The van der Waals surface area contributed by atoms with Crippen molar-refractivity contribution in [3.63, 3.8) is 0 Å². The molecule has 1 aromatic rings. The van der Waals surface area contributed by atoms with Gasteiger partial charge in [-0.05, 0) is 12.1 Å². The lowest BCUT2D eigenvalue weighted by Crippen LogP contribution is -2.28. The van der Waals surface area contributed by atoms with Crippen LogP contribution in [0.2, 0.25) is 0 Å². The lowest BCUT2D eigenvalue weighted by molar-refractivity contribution is -0.147. The molecule has 0 radical (unpaired) electrons. The van der Waals surface area contributed by atoms with E-state index in [0.717, 1.165) is 18.2 Å². The Morgan fingerprint density at radius 1 is 1.47 bits per heavy atom. The van der Waals surface area contributed by atoms with Gasteiger partial charge in [-0.3, -0.25) is 4.79 Å². The highest BCUT2D eigenvalue weighted by molar-refractivity contribution is 9.10. The number of carbonyl (C=O) groups excluding carboxylic acids is 1. The fraction of sp³-hybridized carbons (Fsp3) is 0.222. The molecule has 2 nitrogen and oxygen atoms in total. The zero-order chi connectivity index (χ0) is 11.6. The van der Waals surface area contributed by atoms with Gasteiger partial charge in [0.25, 0.3) is 0 Å². The highest BCUT2D eigenvalue weighted by Crippen LogP contribution is 2.33. The van der Waals surface area contributed by atoms with Gasteiger partial charge in [0.1, 0.15) is 5.82 Å². The molecule has 0 aliphatic carbocycles. The second-order valence-electron chi connectivity index (χ2n) is 2.86. The molecule has 0 saturated heterocycles. The summed E-state index contributed by atoms with van der Waals surface area (Å²) < 4.78 is 38.2. The molecule has 0 aliphatic heterocycles. The van der Waals surface area contributed by atoms with E-state index in [1.807, 2.05) is 0 Å². The highest BCUT2D eigenvalue weighted by Gasteiger charge is 2.40. The van der Waals surface area contributed by atoms with Gasteiger partial charge in [-0.1, -0.05) is 22.0 Å². The Hall–Kier alpha value is -0.880. The second-order valence-corrected chi connectivity index (χ2v) is 3.72. The largest absolute Gasteiger partial charge is 0.382 e. The van der Waals surface area contributed by atoms with E-state index < -0.39 is 24.1 Å². The van der Waals surface area contributed by atoms with Crippen LogP contribution in [0.3, 0.4) is 0 Å². The average Bonchev–Trinajstić information content (AvgIpc) is 2.17. The Kier molecular flexibility index (Phi) is 3.51. The molecule has 0 aliphatic rings. The summed E-state index contributed by atoms with van der Waals surface area (Å²) in [5.74, 6) is -4.52. The molecule has 82 valence electrons. The molecule has 15 heavy (non-hydrogen) atoms. The summed E-state index contributed by atoms with van der Waals surface area (Å²) in [6, 6.07) is 2.84. The molecule has 1 atom stereocenters. The summed E-state index contributed by atoms with van der Waals surface area (Å²) in [7, 11) is 0. The van der Waals surface area contributed by atoms with E-state index in [1.54, 1.807) is 0 Å². The van der Waals surface area contributed by atoms with E-state index in [9.17, 15) is 23.1 Å². The first kappa shape index (κ1) is 12.2. The molecule has 1 N–H and O–H groups in total. The molecule has 6 heteroatoms. The van der Waals surface area contributed by atoms with Gasteiger partial charge in [-0.2, -0.15) is 8.78 Å². The van der Waals surface area contributed by atoms with Gasteiger partial charge in [0.15, 0.2) is 12.4 Å². The lowest BCUT2D eigenvalue weighted by Gasteiger charge is -2.18. The number of rotatable bonds is 3. The number of carbonyl (C=O) groups is 1. The Labute approximate surface area is 91.8 Å². The van der Waals surface area contributed by atoms with Crippen LogP contribution in [-0.4, -0.2) is 17.3 Å². The fourth-order valence-electron chi connectivity index (χ4n) is 0.995. The van der Waals surface area contributed by atoms with E-state index in [-0.39, 0.29) is 10.0 Å².